The molecule has 0 saturated heterocycles. The number of benzene rings is 1. The Hall–Kier alpha value is -1.11. The van der Waals surface area contributed by atoms with Crippen molar-refractivity contribution in [3.63, 3.8) is 0 Å². The molecule has 2 N–H and O–H groups in total. The van der Waals surface area contributed by atoms with E-state index in [1.165, 1.54) is 18.2 Å². The Bertz CT molecular complexity index is 403. The van der Waals surface area contributed by atoms with Crippen molar-refractivity contribution in [1.82, 2.24) is 0 Å². The molecule has 0 aromatic heterocycles. The van der Waals surface area contributed by atoms with Gasteiger partial charge in [-0.3, -0.25) is 5.41 Å². The number of nitrogens with one attached hydrogen (secondary N) is 2. The number of rotatable bonds is 3. The molecule has 0 fully saturated rings. The molecule has 0 saturated carbocycles. The van der Waals surface area contributed by atoms with Crippen molar-refractivity contribution in [3.8, 4) is 0 Å². The van der Waals surface area contributed by atoms with Crippen molar-refractivity contribution < 1.29 is 17.6 Å². The molecule has 1 aromatic rings. The van der Waals surface area contributed by atoms with E-state index < -0.39 is 18.7 Å². The van der Waals surface area contributed by atoms with Crippen molar-refractivity contribution in [2.24, 2.45) is 0 Å². The Morgan fingerprint density at radius 3 is 2.50 bits per heavy atom. The second-order valence-electron chi connectivity index (χ2n) is 2.97. The molecule has 0 aliphatic heterocycles. The minimum absolute atomic E-state index is 0.0702. The summed E-state index contributed by atoms with van der Waals surface area (Å²) in [6.07, 6.45) is -4.39. The second kappa shape index (κ2) is 4.82. The molecule has 16 heavy (non-hydrogen) atoms. The van der Waals surface area contributed by atoms with Gasteiger partial charge in [0, 0.05) is 10.2 Å². The monoisotopic (exact) mass is 298 g/mol. The highest BCUT2D eigenvalue weighted by molar-refractivity contribution is 9.10. The molecule has 0 radical (unpaired) electrons. The summed E-state index contributed by atoms with van der Waals surface area (Å²) < 4.78 is 49.1. The Balaban J connectivity index is 2.93. The minimum Gasteiger partial charge on any atom is -0.376 e. The molecular weight excluding hydrogens is 292 g/mol. The first-order valence-electron chi connectivity index (χ1n) is 4.14. The van der Waals surface area contributed by atoms with Crippen LogP contribution in [0.4, 0.5) is 23.2 Å². The number of halogens is 5. The van der Waals surface area contributed by atoms with E-state index in [0.29, 0.717) is 4.47 Å². The van der Waals surface area contributed by atoms with E-state index in [1.54, 1.807) is 0 Å². The van der Waals surface area contributed by atoms with E-state index >= 15 is 0 Å². The lowest BCUT2D eigenvalue weighted by atomic mass is 10.2. The minimum atomic E-state index is -4.39. The van der Waals surface area contributed by atoms with Gasteiger partial charge in [-0.15, -0.1) is 0 Å². The Morgan fingerprint density at radius 2 is 2.00 bits per heavy atom. The zero-order valence-corrected chi connectivity index (χ0v) is 9.41. The third-order valence-corrected chi connectivity index (χ3v) is 2.19. The molecule has 0 spiro atoms. The predicted octanol–water partition coefficient (Wildman–Crippen LogP) is 3.72. The molecule has 0 aliphatic carbocycles. The number of hydrogen-bond donors (Lipinski definition) is 2. The van der Waals surface area contributed by atoms with Crippen molar-refractivity contribution in [1.29, 1.82) is 5.41 Å². The maximum absolute atomic E-state index is 12.7. The summed E-state index contributed by atoms with van der Waals surface area (Å²) in [7, 11) is 0. The number of alkyl halides is 3. The van der Waals surface area contributed by atoms with Gasteiger partial charge < -0.3 is 5.32 Å². The summed E-state index contributed by atoms with van der Waals surface area (Å²) in [5.41, 5.74) is -0.272. The molecule has 0 atom stereocenters. The highest BCUT2D eigenvalue weighted by atomic mass is 79.9. The van der Waals surface area contributed by atoms with Crippen LogP contribution in [-0.4, -0.2) is 18.7 Å². The average molecular weight is 299 g/mol. The zero-order valence-electron chi connectivity index (χ0n) is 7.83. The zero-order chi connectivity index (χ0) is 12.3. The fraction of sp³-hybridized carbons (Fsp3) is 0.222. The van der Waals surface area contributed by atoms with Gasteiger partial charge in [0.1, 0.15) is 6.54 Å². The summed E-state index contributed by atoms with van der Waals surface area (Å²) in [5.74, 6) is -1.28. The van der Waals surface area contributed by atoms with Gasteiger partial charge in [0.25, 0.3) is 0 Å². The van der Waals surface area contributed by atoms with E-state index in [2.05, 4.69) is 15.9 Å². The summed E-state index contributed by atoms with van der Waals surface area (Å²) >= 11 is 3.05. The fourth-order valence-corrected chi connectivity index (χ4v) is 1.41. The molecule has 1 rings (SSSR count). The van der Waals surface area contributed by atoms with Crippen LogP contribution < -0.4 is 5.32 Å². The van der Waals surface area contributed by atoms with Gasteiger partial charge in [0.15, 0.2) is 0 Å². The van der Waals surface area contributed by atoms with Crippen LogP contribution in [0.3, 0.4) is 0 Å². The average Bonchev–Trinajstić information content (AvgIpc) is 2.13. The lowest BCUT2D eigenvalue weighted by molar-refractivity contribution is -0.115. The predicted molar refractivity (Wildman–Crippen MR) is 56.6 cm³/mol. The lowest BCUT2D eigenvalue weighted by Crippen LogP contribution is -2.22. The molecule has 0 heterocycles. The molecule has 0 unspecified atom stereocenters. The van der Waals surface area contributed by atoms with Gasteiger partial charge in [-0.25, -0.2) is 0 Å². The summed E-state index contributed by atoms with van der Waals surface area (Å²) in [5, 5.41) is 8.82. The molecule has 0 amide bonds. The van der Waals surface area contributed by atoms with Gasteiger partial charge in [-0.05, 0) is 18.2 Å². The fourth-order valence-electron chi connectivity index (χ4n) is 1.05. The van der Waals surface area contributed by atoms with Crippen molar-refractivity contribution in [3.05, 3.63) is 28.2 Å². The van der Waals surface area contributed by atoms with Crippen molar-refractivity contribution in [2.75, 3.05) is 11.9 Å². The third-order valence-electron chi connectivity index (χ3n) is 1.70. The maximum Gasteiger partial charge on any atom is 0.405 e. The molecular formula is C9H7BrF4N2. The first-order valence-corrected chi connectivity index (χ1v) is 4.93. The van der Waals surface area contributed by atoms with Crippen LogP contribution in [0.2, 0.25) is 0 Å². The molecule has 7 heteroatoms. The van der Waals surface area contributed by atoms with Gasteiger partial charge >= 0.3 is 6.18 Å². The van der Waals surface area contributed by atoms with E-state index in [9.17, 15) is 17.6 Å². The Morgan fingerprint density at radius 1 is 1.38 bits per heavy atom. The second-order valence-corrected chi connectivity index (χ2v) is 3.89. The van der Waals surface area contributed by atoms with E-state index in [0.717, 1.165) is 0 Å². The standard InChI is InChI=1S/C9H7BrF4N2/c10-5-1-2-6(8(11)15)7(3-5)16-4-9(12,13)14/h1-3,15-16H,4H2. The molecule has 2 nitrogen and oxygen atoms in total. The van der Waals surface area contributed by atoms with Gasteiger partial charge in [-0.1, -0.05) is 15.9 Å². The quantitative estimate of drug-likeness (QED) is 0.647. The van der Waals surface area contributed by atoms with Crippen LogP contribution in [0, 0.1) is 5.41 Å². The van der Waals surface area contributed by atoms with Gasteiger partial charge in [0.2, 0.25) is 5.97 Å². The molecule has 0 bridgehead atoms. The van der Waals surface area contributed by atoms with Crippen LogP contribution in [0.5, 0.6) is 0 Å². The Labute approximate surface area is 97.3 Å². The topological polar surface area (TPSA) is 35.9 Å². The van der Waals surface area contributed by atoms with Crippen LogP contribution in [0.15, 0.2) is 22.7 Å². The lowest BCUT2D eigenvalue weighted by Gasteiger charge is -2.12. The first-order chi connectivity index (χ1) is 7.29. The highest BCUT2D eigenvalue weighted by Crippen LogP contribution is 2.24. The van der Waals surface area contributed by atoms with Crippen LogP contribution >= 0.6 is 15.9 Å². The third kappa shape index (κ3) is 3.80. The van der Waals surface area contributed by atoms with Gasteiger partial charge in [-0.2, -0.15) is 17.6 Å². The number of anilines is 1. The summed E-state index contributed by atoms with van der Waals surface area (Å²) in [4.78, 5) is 0. The summed E-state index contributed by atoms with van der Waals surface area (Å²) in [6.45, 7) is -1.27. The van der Waals surface area contributed by atoms with E-state index in [4.69, 9.17) is 5.41 Å². The van der Waals surface area contributed by atoms with E-state index in [1.807, 2.05) is 5.32 Å². The largest absolute Gasteiger partial charge is 0.405 e. The van der Waals surface area contributed by atoms with Crippen LogP contribution in [0.25, 0.3) is 0 Å². The van der Waals surface area contributed by atoms with Crippen molar-refractivity contribution >= 4 is 27.6 Å². The number of hydrogen-bond acceptors (Lipinski definition) is 2. The summed E-state index contributed by atoms with van der Waals surface area (Å²) in [6, 6.07) is 3.96. The normalized spacial score (nSPS) is 11.3. The van der Waals surface area contributed by atoms with Crippen LogP contribution in [-0.2, 0) is 0 Å². The van der Waals surface area contributed by atoms with Crippen LogP contribution in [0.1, 0.15) is 5.56 Å². The Kier molecular flexibility index (Phi) is 3.90. The SMILES string of the molecule is N=C(F)c1ccc(Br)cc1NCC(F)(F)F. The highest BCUT2D eigenvalue weighted by Gasteiger charge is 2.27. The van der Waals surface area contributed by atoms with Crippen molar-refractivity contribution in [2.45, 2.75) is 6.18 Å². The molecule has 0 aliphatic rings. The molecule has 88 valence electrons. The van der Waals surface area contributed by atoms with E-state index in [-0.39, 0.29) is 11.3 Å². The van der Waals surface area contributed by atoms with Gasteiger partial charge in [0.05, 0.1) is 5.56 Å². The smallest absolute Gasteiger partial charge is 0.376 e. The maximum atomic E-state index is 12.7. The molecule has 1 aromatic carbocycles. The first kappa shape index (κ1) is 13.0.